The topological polar surface area (TPSA) is 78.2 Å². The van der Waals surface area contributed by atoms with Crippen LogP contribution in [0.4, 0.5) is 0 Å². The number of fused-ring (bicyclic) bond motifs is 1. The number of ketones is 1. The number of nitrogens with zero attached hydrogens (tertiary/aromatic N) is 1. The largest absolute Gasteiger partial charge is 0.419 e. The third-order valence-corrected chi connectivity index (χ3v) is 3.05. The monoisotopic (exact) mass is 248 g/mol. The summed E-state index contributed by atoms with van der Waals surface area (Å²) in [5.74, 6) is -0.241. The van der Waals surface area contributed by atoms with Crippen molar-refractivity contribution in [2.45, 2.75) is 13.3 Å². The van der Waals surface area contributed by atoms with Crippen LogP contribution in [0.3, 0.4) is 0 Å². The number of hydrogen-bond donors (Lipinski definition) is 1. The average molecular weight is 248 g/mol. The van der Waals surface area contributed by atoms with Gasteiger partial charge in [0.2, 0.25) is 0 Å². The van der Waals surface area contributed by atoms with Crippen molar-refractivity contribution >= 4 is 16.9 Å². The van der Waals surface area contributed by atoms with Crippen molar-refractivity contribution in [1.29, 1.82) is 0 Å². The van der Waals surface area contributed by atoms with Gasteiger partial charge in [0.15, 0.2) is 11.4 Å². The highest BCUT2D eigenvalue weighted by Gasteiger charge is 2.13. The van der Waals surface area contributed by atoms with Crippen LogP contribution in [0.1, 0.15) is 23.7 Å². The Morgan fingerprint density at radius 2 is 2.22 bits per heavy atom. The van der Waals surface area contributed by atoms with E-state index in [9.17, 15) is 9.59 Å². The fourth-order valence-electron chi connectivity index (χ4n) is 1.82. The molecule has 0 saturated carbocycles. The van der Waals surface area contributed by atoms with Crippen LogP contribution in [0.25, 0.3) is 11.1 Å². The Bertz CT molecular complexity index is 639. The first-order chi connectivity index (χ1) is 8.52. The minimum Gasteiger partial charge on any atom is -0.408 e. The third-order valence-electron chi connectivity index (χ3n) is 3.05. The first kappa shape index (κ1) is 12.6. The number of carbonyl (C=O) groups excluding carboxylic acids is 1. The van der Waals surface area contributed by atoms with E-state index in [0.717, 1.165) is 0 Å². The summed E-state index contributed by atoms with van der Waals surface area (Å²) in [5.41, 5.74) is 7.21. The van der Waals surface area contributed by atoms with E-state index in [1.807, 2.05) is 6.92 Å². The molecule has 1 unspecified atom stereocenters. The number of oxazole rings is 1. The molecule has 1 aromatic carbocycles. The van der Waals surface area contributed by atoms with Gasteiger partial charge < -0.3 is 10.2 Å². The zero-order valence-corrected chi connectivity index (χ0v) is 10.5. The Morgan fingerprint density at radius 3 is 2.89 bits per heavy atom. The van der Waals surface area contributed by atoms with Crippen LogP contribution in [0.2, 0.25) is 0 Å². The molecule has 0 bridgehead atoms. The van der Waals surface area contributed by atoms with Crippen LogP contribution < -0.4 is 11.5 Å². The van der Waals surface area contributed by atoms with Crippen molar-refractivity contribution in [1.82, 2.24) is 4.57 Å². The van der Waals surface area contributed by atoms with Crippen molar-refractivity contribution in [3.8, 4) is 0 Å². The van der Waals surface area contributed by atoms with Crippen molar-refractivity contribution in [3.05, 3.63) is 34.3 Å². The molecule has 1 atom stereocenters. The van der Waals surface area contributed by atoms with E-state index in [4.69, 9.17) is 10.2 Å². The molecule has 0 amide bonds. The summed E-state index contributed by atoms with van der Waals surface area (Å²) in [6.45, 7) is 2.42. The number of benzene rings is 1. The van der Waals surface area contributed by atoms with E-state index in [1.54, 1.807) is 25.2 Å². The molecule has 5 heteroatoms. The van der Waals surface area contributed by atoms with Crippen molar-refractivity contribution in [2.75, 3.05) is 6.54 Å². The lowest BCUT2D eigenvalue weighted by Gasteiger charge is -2.07. The number of aryl methyl sites for hydroxylation is 1. The van der Waals surface area contributed by atoms with Gasteiger partial charge in [0, 0.05) is 19.0 Å². The highest BCUT2D eigenvalue weighted by Crippen LogP contribution is 2.16. The van der Waals surface area contributed by atoms with E-state index in [2.05, 4.69) is 0 Å². The van der Waals surface area contributed by atoms with Gasteiger partial charge in [0.25, 0.3) is 0 Å². The van der Waals surface area contributed by atoms with Gasteiger partial charge in [0.05, 0.1) is 5.52 Å². The van der Waals surface area contributed by atoms with E-state index in [1.165, 1.54) is 4.57 Å². The molecule has 2 aromatic rings. The van der Waals surface area contributed by atoms with Gasteiger partial charge in [-0.1, -0.05) is 6.92 Å². The van der Waals surface area contributed by atoms with Gasteiger partial charge in [-0.15, -0.1) is 0 Å². The first-order valence-electron chi connectivity index (χ1n) is 5.85. The SMILES string of the molecule is CC(CN)CC(=O)c1ccc2oc(=O)n(C)c2c1. The Balaban J connectivity index is 2.38. The molecule has 0 spiro atoms. The molecule has 18 heavy (non-hydrogen) atoms. The number of rotatable bonds is 4. The zero-order chi connectivity index (χ0) is 13.3. The van der Waals surface area contributed by atoms with E-state index >= 15 is 0 Å². The van der Waals surface area contributed by atoms with Crippen molar-refractivity contribution < 1.29 is 9.21 Å². The highest BCUT2D eigenvalue weighted by molar-refractivity contribution is 5.98. The molecule has 0 radical (unpaired) electrons. The smallest absolute Gasteiger partial charge is 0.408 e. The second kappa shape index (κ2) is 4.78. The molecule has 0 fully saturated rings. The number of aromatic nitrogens is 1. The average Bonchev–Trinajstić information content (AvgIpc) is 2.64. The summed E-state index contributed by atoms with van der Waals surface area (Å²) in [5, 5.41) is 0. The molecule has 5 nitrogen and oxygen atoms in total. The molecule has 2 N–H and O–H groups in total. The van der Waals surface area contributed by atoms with E-state index in [-0.39, 0.29) is 11.7 Å². The fourth-order valence-corrected chi connectivity index (χ4v) is 1.82. The summed E-state index contributed by atoms with van der Waals surface area (Å²) in [6.07, 6.45) is 0.411. The Kier molecular flexibility index (Phi) is 3.34. The summed E-state index contributed by atoms with van der Waals surface area (Å²) >= 11 is 0. The number of carbonyl (C=O) groups is 1. The molecule has 0 aliphatic rings. The minimum absolute atomic E-state index is 0.0310. The van der Waals surface area contributed by atoms with Gasteiger partial charge >= 0.3 is 5.76 Å². The van der Waals surface area contributed by atoms with Crippen LogP contribution in [0, 0.1) is 5.92 Å². The van der Waals surface area contributed by atoms with Gasteiger partial charge in [0.1, 0.15) is 0 Å². The molecular formula is C13H16N2O3. The van der Waals surface area contributed by atoms with Gasteiger partial charge in [-0.25, -0.2) is 4.79 Å². The zero-order valence-electron chi connectivity index (χ0n) is 10.5. The predicted molar refractivity (Wildman–Crippen MR) is 68.6 cm³/mol. The van der Waals surface area contributed by atoms with Crippen LogP contribution in [-0.2, 0) is 7.05 Å². The summed E-state index contributed by atoms with van der Waals surface area (Å²) in [7, 11) is 1.62. The summed E-state index contributed by atoms with van der Waals surface area (Å²) in [6, 6.07) is 5.01. The third kappa shape index (κ3) is 2.22. The normalized spacial score (nSPS) is 12.8. The maximum atomic E-state index is 12.0. The standard InChI is InChI=1S/C13H16N2O3/c1-8(7-14)5-11(16)9-3-4-12-10(6-9)15(2)13(17)18-12/h3-4,6,8H,5,7,14H2,1-2H3. The molecule has 1 heterocycles. The predicted octanol–water partition coefficient (Wildman–Crippen LogP) is 1.30. The van der Waals surface area contributed by atoms with Gasteiger partial charge in [-0.3, -0.25) is 9.36 Å². The van der Waals surface area contributed by atoms with E-state index in [0.29, 0.717) is 29.6 Å². The molecule has 0 aliphatic heterocycles. The quantitative estimate of drug-likeness (QED) is 0.827. The lowest BCUT2D eigenvalue weighted by atomic mass is 10.00. The molecular weight excluding hydrogens is 232 g/mol. The molecule has 96 valence electrons. The van der Waals surface area contributed by atoms with Crippen LogP contribution in [0.15, 0.2) is 27.4 Å². The number of Topliss-reactive ketones (excluding diaryl/α,β-unsaturated/α-hetero) is 1. The van der Waals surface area contributed by atoms with Crippen LogP contribution >= 0.6 is 0 Å². The molecule has 0 saturated heterocycles. The maximum absolute atomic E-state index is 12.0. The van der Waals surface area contributed by atoms with E-state index < -0.39 is 5.76 Å². The van der Waals surface area contributed by atoms with Crippen LogP contribution in [-0.4, -0.2) is 16.9 Å². The Morgan fingerprint density at radius 1 is 1.50 bits per heavy atom. The minimum atomic E-state index is -0.426. The molecule has 0 aliphatic carbocycles. The highest BCUT2D eigenvalue weighted by atomic mass is 16.4. The number of nitrogens with two attached hydrogens (primary N) is 1. The van der Waals surface area contributed by atoms with Crippen molar-refractivity contribution in [2.24, 2.45) is 18.7 Å². The molecule has 2 rings (SSSR count). The number of hydrogen-bond acceptors (Lipinski definition) is 4. The van der Waals surface area contributed by atoms with Gasteiger partial charge in [-0.2, -0.15) is 0 Å². The fraction of sp³-hybridized carbons (Fsp3) is 0.385. The lowest BCUT2D eigenvalue weighted by Crippen LogP contribution is -2.15. The summed E-state index contributed by atoms with van der Waals surface area (Å²) < 4.78 is 6.40. The van der Waals surface area contributed by atoms with Gasteiger partial charge in [-0.05, 0) is 30.7 Å². The maximum Gasteiger partial charge on any atom is 0.419 e. The Labute approximate surface area is 104 Å². The second-order valence-electron chi connectivity index (χ2n) is 4.58. The Hall–Kier alpha value is -1.88. The first-order valence-corrected chi connectivity index (χ1v) is 5.85. The van der Waals surface area contributed by atoms with Crippen LogP contribution in [0.5, 0.6) is 0 Å². The lowest BCUT2D eigenvalue weighted by molar-refractivity contribution is 0.0966. The second-order valence-corrected chi connectivity index (χ2v) is 4.58. The molecule has 1 aromatic heterocycles. The van der Waals surface area contributed by atoms with Crippen molar-refractivity contribution in [3.63, 3.8) is 0 Å². The summed E-state index contributed by atoms with van der Waals surface area (Å²) in [4.78, 5) is 23.3.